The number of amides is 1. The Hall–Kier alpha value is -1.96. The molecular formula is C15H18ClN5O2. The van der Waals surface area contributed by atoms with Gasteiger partial charge in [0, 0.05) is 13.1 Å². The fourth-order valence-electron chi connectivity index (χ4n) is 2.54. The Morgan fingerprint density at radius 3 is 2.96 bits per heavy atom. The van der Waals surface area contributed by atoms with E-state index in [0.29, 0.717) is 29.4 Å². The normalized spacial score (nSPS) is 18.1. The molecule has 3 N–H and O–H groups in total. The number of nitrogens with two attached hydrogens (primary N) is 1. The van der Waals surface area contributed by atoms with E-state index in [9.17, 15) is 4.79 Å². The van der Waals surface area contributed by atoms with Crippen molar-refractivity contribution in [3.8, 4) is 5.69 Å². The molecule has 1 fully saturated rings. The summed E-state index contributed by atoms with van der Waals surface area (Å²) >= 11 is 6.19. The van der Waals surface area contributed by atoms with Gasteiger partial charge in [0.05, 0.1) is 34.9 Å². The first-order valence-electron chi connectivity index (χ1n) is 7.47. The van der Waals surface area contributed by atoms with E-state index in [1.54, 1.807) is 6.20 Å². The average molecular weight is 336 g/mol. The molecule has 2 aromatic rings. The lowest BCUT2D eigenvalue weighted by molar-refractivity contribution is 0.0250. The number of ether oxygens (including phenoxy) is 1. The summed E-state index contributed by atoms with van der Waals surface area (Å²) in [6.07, 6.45) is 2.18. The number of halogens is 1. The van der Waals surface area contributed by atoms with Crippen molar-refractivity contribution in [2.45, 2.75) is 19.4 Å². The third-order valence-electron chi connectivity index (χ3n) is 3.73. The minimum absolute atomic E-state index is 0.0687. The van der Waals surface area contributed by atoms with Gasteiger partial charge in [-0.2, -0.15) is 5.10 Å². The monoisotopic (exact) mass is 335 g/mol. The van der Waals surface area contributed by atoms with Gasteiger partial charge in [-0.25, -0.2) is 4.68 Å². The van der Waals surface area contributed by atoms with Gasteiger partial charge in [-0.05, 0) is 18.6 Å². The number of morpholine rings is 1. The molecule has 0 aliphatic carbocycles. The smallest absolute Gasteiger partial charge is 0.269 e. The molecule has 7 nitrogen and oxygen atoms in total. The fourth-order valence-corrected chi connectivity index (χ4v) is 2.88. The first-order valence-corrected chi connectivity index (χ1v) is 7.85. The number of nitrogens with zero attached hydrogens (tertiary/aromatic N) is 3. The lowest BCUT2D eigenvalue weighted by Gasteiger charge is -2.23. The number of hydrogen-bond donors (Lipinski definition) is 2. The van der Waals surface area contributed by atoms with Crippen LogP contribution in [0.15, 0.2) is 18.3 Å². The van der Waals surface area contributed by atoms with Crippen LogP contribution in [-0.2, 0) is 11.2 Å². The molecule has 0 saturated carbocycles. The molecule has 122 valence electrons. The SMILES string of the molecule is CCc1nn(-c2ccc([C@H]3CNCCO3)nc2)c(C(N)=O)c1Cl. The van der Waals surface area contributed by atoms with Gasteiger partial charge in [-0.15, -0.1) is 0 Å². The van der Waals surface area contributed by atoms with Crippen LogP contribution in [0.5, 0.6) is 0 Å². The summed E-state index contributed by atoms with van der Waals surface area (Å²) in [6, 6.07) is 3.69. The van der Waals surface area contributed by atoms with Crippen LogP contribution in [0.25, 0.3) is 5.69 Å². The zero-order chi connectivity index (χ0) is 16.4. The number of aromatic nitrogens is 3. The Bertz CT molecular complexity index is 707. The standard InChI is InChI=1S/C15H18ClN5O2/c1-2-10-13(16)14(15(17)22)21(20-10)9-3-4-11(19-7-9)12-8-18-5-6-23-12/h3-4,7,12,18H,2,5-6,8H2,1H3,(H2,17,22)/t12-/m1/s1. The van der Waals surface area contributed by atoms with E-state index in [1.165, 1.54) is 4.68 Å². The summed E-state index contributed by atoms with van der Waals surface area (Å²) in [7, 11) is 0. The molecule has 0 bridgehead atoms. The molecule has 3 rings (SSSR count). The summed E-state index contributed by atoms with van der Waals surface area (Å²) in [5.74, 6) is -0.619. The summed E-state index contributed by atoms with van der Waals surface area (Å²) < 4.78 is 7.11. The van der Waals surface area contributed by atoms with Crippen molar-refractivity contribution in [1.82, 2.24) is 20.1 Å². The molecule has 23 heavy (non-hydrogen) atoms. The maximum Gasteiger partial charge on any atom is 0.269 e. The van der Waals surface area contributed by atoms with Crippen LogP contribution in [0.4, 0.5) is 0 Å². The highest BCUT2D eigenvalue weighted by atomic mass is 35.5. The molecule has 0 radical (unpaired) electrons. The number of nitrogens with one attached hydrogen (secondary N) is 1. The van der Waals surface area contributed by atoms with Crippen LogP contribution < -0.4 is 11.1 Å². The highest BCUT2D eigenvalue weighted by Gasteiger charge is 2.22. The molecule has 0 spiro atoms. The number of hydrogen-bond acceptors (Lipinski definition) is 5. The van der Waals surface area contributed by atoms with E-state index >= 15 is 0 Å². The second-order valence-corrected chi connectivity index (χ2v) is 5.62. The van der Waals surface area contributed by atoms with Crippen LogP contribution in [0.2, 0.25) is 5.02 Å². The quantitative estimate of drug-likeness (QED) is 0.876. The fraction of sp³-hybridized carbons (Fsp3) is 0.400. The molecule has 1 atom stereocenters. The zero-order valence-electron chi connectivity index (χ0n) is 12.8. The summed E-state index contributed by atoms with van der Waals surface area (Å²) in [6.45, 7) is 4.15. The molecule has 8 heteroatoms. The summed E-state index contributed by atoms with van der Waals surface area (Å²) in [5.41, 5.74) is 7.70. The Morgan fingerprint density at radius 2 is 2.39 bits per heavy atom. The topological polar surface area (TPSA) is 95.1 Å². The predicted molar refractivity (Wildman–Crippen MR) is 85.8 cm³/mol. The summed E-state index contributed by atoms with van der Waals surface area (Å²) in [4.78, 5) is 16.1. The van der Waals surface area contributed by atoms with Gasteiger partial charge in [-0.3, -0.25) is 9.78 Å². The van der Waals surface area contributed by atoms with E-state index in [1.807, 2.05) is 19.1 Å². The molecule has 0 unspecified atom stereocenters. The van der Waals surface area contributed by atoms with Gasteiger partial charge in [0.1, 0.15) is 6.10 Å². The lowest BCUT2D eigenvalue weighted by Crippen LogP contribution is -2.33. The molecule has 3 heterocycles. The number of rotatable bonds is 4. The second kappa shape index (κ2) is 6.66. The largest absolute Gasteiger partial charge is 0.369 e. The summed E-state index contributed by atoms with van der Waals surface area (Å²) in [5, 5.41) is 7.92. The number of primary amides is 1. The predicted octanol–water partition coefficient (Wildman–Crippen LogP) is 1.24. The minimum Gasteiger partial charge on any atom is -0.369 e. The maximum absolute atomic E-state index is 11.7. The van der Waals surface area contributed by atoms with Crippen LogP contribution in [0.1, 0.15) is 34.9 Å². The molecule has 1 amide bonds. The van der Waals surface area contributed by atoms with E-state index in [4.69, 9.17) is 22.1 Å². The van der Waals surface area contributed by atoms with E-state index in [-0.39, 0.29) is 11.8 Å². The van der Waals surface area contributed by atoms with Gasteiger partial charge in [0.25, 0.3) is 5.91 Å². The van der Waals surface area contributed by atoms with Crippen molar-refractivity contribution in [2.75, 3.05) is 19.7 Å². The van der Waals surface area contributed by atoms with Crippen LogP contribution in [0, 0.1) is 0 Å². The van der Waals surface area contributed by atoms with Crippen LogP contribution >= 0.6 is 11.6 Å². The Labute approximate surface area is 138 Å². The van der Waals surface area contributed by atoms with Gasteiger partial charge in [0.2, 0.25) is 0 Å². The molecule has 1 saturated heterocycles. The van der Waals surface area contributed by atoms with Gasteiger partial charge >= 0.3 is 0 Å². The molecular weight excluding hydrogens is 318 g/mol. The van der Waals surface area contributed by atoms with Crippen molar-refractivity contribution >= 4 is 17.5 Å². The average Bonchev–Trinajstić information content (AvgIpc) is 2.92. The van der Waals surface area contributed by atoms with E-state index < -0.39 is 5.91 Å². The Morgan fingerprint density at radius 1 is 1.57 bits per heavy atom. The zero-order valence-corrected chi connectivity index (χ0v) is 13.5. The third-order valence-corrected chi connectivity index (χ3v) is 4.13. The Balaban J connectivity index is 1.94. The Kier molecular flexibility index (Phi) is 4.61. The van der Waals surface area contributed by atoms with Gasteiger partial charge in [-0.1, -0.05) is 18.5 Å². The van der Waals surface area contributed by atoms with Crippen molar-refractivity contribution < 1.29 is 9.53 Å². The van der Waals surface area contributed by atoms with Crippen LogP contribution in [0.3, 0.4) is 0 Å². The minimum atomic E-state index is -0.619. The highest BCUT2D eigenvalue weighted by Crippen LogP contribution is 2.25. The molecule has 1 aliphatic heterocycles. The van der Waals surface area contributed by atoms with Crippen molar-refractivity contribution in [3.05, 3.63) is 40.4 Å². The first kappa shape index (κ1) is 15.9. The number of carbonyl (C=O) groups excluding carboxylic acids is 1. The van der Waals surface area contributed by atoms with Crippen molar-refractivity contribution in [1.29, 1.82) is 0 Å². The van der Waals surface area contributed by atoms with Crippen molar-refractivity contribution in [2.24, 2.45) is 5.73 Å². The molecule has 1 aliphatic rings. The van der Waals surface area contributed by atoms with Crippen LogP contribution in [-0.4, -0.2) is 40.4 Å². The number of pyridine rings is 1. The van der Waals surface area contributed by atoms with E-state index in [2.05, 4.69) is 15.4 Å². The molecule has 2 aromatic heterocycles. The maximum atomic E-state index is 11.7. The van der Waals surface area contributed by atoms with Crippen molar-refractivity contribution in [3.63, 3.8) is 0 Å². The first-order chi connectivity index (χ1) is 11.1. The molecule has 0 aromatic carbocycles. The van der Waals surface area contributed by atoms with Gasteiger partial charge < -0.3 is 15.8 Å². The highest BCUT2D eigenvalue weighted by molar-refractivity contribution is 6.34. The third kappa shape index (κ3) is 3.08. The van der Waals surface area contributed by atoms with Gasteiger partial charge in [0.15, 0.2) is 5.69 Å². The lowest BCUT2D eigenvalue weighted by atomic mass is 10.2. The number of carbonyl (C=O) groups is 1. The second-order valence-electron chi connectivity index (χ2n) is 5.24. The van der Waals surface area contributed by atoms with E-state index in [0.717, 1.165) is 18.8 Å². The number of aryl methyl sites for hydroxylation is 1.